The number of carbonyl (C=O) groups is 1. The zero-order chi connectivity index (χ0) is 27.0. The highest BCUT2D eigenvalue weighted by atomic mass is 19.4. The SMILES string of the molecule is Nc1nccn2c([C@H]3CN[C@H](CO)CO3)nc(-c3ccc(C(=O)Nc4cc(C(F)(F)F)ccn4)cc3F)c12. The number of hydrogen-bond donors (Lipinski definition) is 4. The Labute approximate surface area is 212 Å². The van der Waals surface area contributed by atoms with E-state index in [0.29, 0.717) is 24.0 Å². The lowest BCUT2D eigenvalue weighted by molar-refractivity contribution is -0.137. The van der Waals surface area contributed by atoms with E-state index in [9.17, 15) is 23.1 Å². The van der Waals surface area contributed by atoms with Gasteiger partial charge in [-0.15, -0.1) is 0 Å². The number of alkyl halides is 3. The standard InChI is InChI=1S/C24H21F4N7O3/c25-16-7-12(23(37)33-18-8-13(3-4-30-18)24(26,27)28)1-2-15(16)19-20-21(29)31-5-6-35(20)22(34-19)17-9-32-14(10-36)11-38-17/h1-8,14,17,32,36H,9-11H2,(H2,29,31)(H,30,33,37)/t14-,17-/m1/s1. The highest BCUT2D eigenvalue weighted by molar-refractivity contribution is 6.04. The summed E-state index contributed by atoms with van der Waals surface area (Å²) in [4.78, 5) is 25.0. The molecule has 198 valence electrons. The molecule has 1 aliphatic rings. The lowest BCUT2D eigenvalue weighted by atomic mass is 10.1. The van der Waals surface area contributed by atoms with Gasteiger partial charge in [0.2, 0.25) is 0 Å². The Hall–Kier alpha value is -4.14. The number of pyridine rings is 1. The van der Waals surface area contributed by atoms with Gasteiger partial charge in [0.15, 0.2) is 0 Å². The summed E-state index contributed by atoms with van der Waals surface area (Å²) in [5.41, 5.74) is 5.50. The fraction of sp³-hybridized carbons (Fsp3) is 0.250. The zero-order valence-electron chi connectivity index (χ0n) is 19.5. The van der Waals surface area contributed by atoms with Gasteiger partial charge in [0, 0.05) is 36.3 Å². The highest BCUT2D eigenvalue weighted by Gasteiger charge is 2.31. The molecule has 0 saturated carbocycles. The average molecular weight is 531 g/mol. The number of aliphatic hydroxyl groups excluding tert-OH is 1. The quantitative estimate of drug-likeness (QED) is 0.289. The summed E-state index contributed by atoms with van der Waals surface area (Å²) in [6.07, 6.45) is -1.14. The van der Waals surface area contributed by atoms with Crippen LogP contribution in [0.1, 0.15) is 27.8 Å². The van der Waals surface area contributed by atoms with Crippen molar-refractivity contribution in [3.63, 3.8) is 0 Å². The van der Waals surface area contributed by atoms with Gasteiger partial charge in [0.25, 0.3) is 5.91 Å². The van der Waals surface area contributed by atoms with Crippen LogP contribution in [0.5, 0.6) is 0 Å². The molecule has 4 aromatic rings. The second-order valence-electron chi connectivity index (χ2n) is 8.54. The van der Waals surface area contributed by atoms with Gasteiger partial charge in [0.1, 0.15) is 40.6 Å². The Balaban J connectivity index is 1.45. The summed E-state index contributed by atoms with van der Waals surface area (Å²) in [6, 6.07) is 4.81. The van der Waals surface area contributed by atoms with Crippen LogP contribution in [0, 0.1) is 5.82 Å². The number of nitrogen functional groups attached to an aromatic ring is 1. The predicted molar refractivity (Wildman–Crippen MR) is 128 cm³/mol. The number of ether oxygens (including phenoxy) is 1. The summed E-state index contributed by atoms with van der Waals surface area (Å²) in [5.74, 6) is -1.46. The van der Waals surface area contributed by atoms with E-state index in [0.717, 1.165) is 18.3 Å². The fourth-order valence-corrected chi connectivity index (χ4v) is 4.12. The molecule has 38 heavy (non-hydrogen) atoms. The molecule has 0 bridgehead atoms. The molecule has 10 nitrogen and oxygen atoms in total. The molecule has 1 fully saturated rings. The molecule has 14 heteroatoms. The summed E-state index contributed by atoms with van der Waals surface area (Å²) >= 11 is 0. The van der Waals surface area contributed by atoms with Crippen molar-refractivity contribution >= 4 is 23.1 Å². The second kappa shape index (κ2) is 9.96. The van der Waals surface area contributed by atoms with Crippen LogP contribution in [-0.2, 0) is 10.9 Å². The van der Waals surface area contributed by atoms with Crippen LogP contribution in [0.4, 0.5) is 29.2 Å². The van der Waals surface area contributed by atoms with Crippen molar-refractivity contribution in [2.24, 2.45) is 0 Å². The third-order valence-corrected chi connectivity index (χ3v) is 6.02. The van der Waals surface area contributed by atoms with Crippen molar-refractivity contribution < 1.29 is 32.2 Å². The Kier molecular flexibility index (Phi) is 6.69. The summed E-state index contributed by atoms with van der Waals surface area (Å²) in [5, 5.41) is 14.7. The summed E-state index contributed by atoms with van der Waals surface area (Å²) in [7, 11) is 0. The lowest BCUT2D eigenvalue weighted by Gasteiger charge is -2.28. The number of nitrogens with one attached hydrogen (secondary N) is 2. The maximum Gasteiger partial charge on any atom is 0.416 e. The summed E-state index contributed by atoms with van der Waals surface area (Å²) < 4.78 is 61.7. The lowest BCUT2D eigenvalue weighted by Crippen LogP contribution is -2.45. The number of fused-ring (bicyclic) bond motifs is 1. The molecule has 4 heterocycles. The van der Waals surface area contributed by atoms with Gasteiger partial charge in [0.05, 0.1) is 24.8 Å². The number of halogens is 4. The van der Waals surface area contributed by atoms with E-state index in [2.05, 4.69) is 25.6 Å². The minimum atomic E-state index is -4.61. The van der Waals surface area contributed by atoms with Crippen LogP contribution >= 0.6 is 0 Å². The number of rotatable bonds is 5. The van der Waals surface area contributed by atoms with Crippen LogP contribution in [-0.4, -0.2) is 56.2 Å². The third-order valence-electron chi connectivity index (χ3n) is 6.02. The van der Waals surface area contributed by atoms with Gasteiger partial charge < -0.3 is 26.2 Å². The molecule has 3 aromatic heterocycles. The van der Waals surface area contributed by atoms with Gasteiger partial charge in [-0.05, 0) is 30.3 Å². The van der Waals surface area contributed by atoms with E-state index >= 15 is 4.39 Å². The van der Waals surface area contributed by atoms with Gasteiger partial charge >= 0.3 is 6.18 Å². The van der Waals surface area contributed by atoms with Crippen LogP contribution < -0.4 is 16.4 Å². The Bertz CT molecular complexity index is 1500. The number of anilines is 2. The Morgan fingerprint density at radius 1 is 1.24 bits per heavy atom. The molecule has 5 rings (SSSR count). The Morgan fingerprint density at radius 2 is 2.05 bits per heavy atom. The van der Waals surface area contributed by atoms with Crippen LogP contribution in [0.25, 0.3) is 16.8 Å². The van der Waals surface area contributed by atoms with Crippen molar-refractivity contribution in [2.45, 2.75) is 18.3 Å². The van der Waals surface area contributed by atoms with Crippen molar-refractivity contribution in [3.05, 3.63) is 71.7 Å². The largest absolute Gasteiger partial charge is 0.416 e. The number of hydrogen-bond acceptors (Lipinski definition) is 8. The minimum absolute atomic E-state index is 0.0270. The minimum Gasteiger partial charge on any atom is -0.395 e. The molecule has 0 radical (unpaired) electrons. The molecule has 0 aliphatic carbocycles. The number of nitrogens with two attached hydrogens (primary N) is 1. The second-order valence-corrected chi connectivity index (χ2v) is 8.54. The first-order valence-corrected chi connectivity index (χ1v) is 11.4. The number of imidazole rings is 1. The number of morpholine rings is 1. The summed E-state index contributed by atoms with van der Waals surface area (Å²) in [6.45, 7) is 0.494. The van der Waals surface area contributed by atoms with E-state index in [1.54, 1.807) is 10.6 Å². The van der Waals surface area contributed by atoms with Gasteiger partial charge in [-0.25, -0.2) is 19.3 Å². The van der Waals surface area contributed by atoms with E-state index in [1.165, 1.54) is 18.3 Å². The van der Waals surface area contributed by atoms with Crippen LogP contribution in [0.2, 0.25) is 0 Å². The molecular formula is C24H21F4N7O3. The smallest absolute Gasteiger partial charge is 0.395 e. The first-order chi connectivity index (χ1) is 18.2. The molecule has 0 spiro atoms. The van der Waals surface area contributed by atoms with E-state index in [-0.39, 0.29) is 47.7 Å². The number of nitrogens with zero attached hydrogens (tertiary/aromatic N) is 4. The van der Waals surface area contributed by atoms with Crippen molar-refractivity contribution in [2.75, 3.05) is 30.8 Å². The number of aliphatic hydroxyl groups is 1. The highest BCUT2D eigenvalue weighted by Crippen LogP contribution is 2.34. The monoisotopic (exact) mass is 531 g/mol. The zero-order valence-corrected chi connectivity index (χ0v) is 19.5. The first-order valence-electron chi connectivity index (χ1n) is 11.4. The van der Waals surface area contributed by atoms with Crippen LogP contribution in [0.3, 0.4) is 0 Å². The molecule has 1 aliphatic heterocycles. The molecule has 0 unspecified atom stereocenters. The Morgan fingerprint density at radius 3 is 2.74 bits per heavy atom. The molecule has 2 atom stereocenters. The third kappa shape index (κ3) is 4.88. The van der Waals surface area contributed by atoms with E-state index in [1.807, 2.05) is 0 Å². The van der Waals surface area contributed by atoms with E-state index in [4.69, 9.17) is 10.5 Å². The molecule has 1 amide bonds. The molecule has 1 saturated heterocycles. The molecule has 5 N–H and O–H groups in total. The van der Waals surface area contributed by atoms with Gasteiger partial charge in [-0.1, -0.05) is 0 Å². The average Bonchev–Trinajstić information content (AvgIpc) is 3.29. The maximum absolute atomic E-state index is 15.3. The first kappa shape index (κ1) is 25.5. The maximum atomic E-state index is 15.3. The number of benzene rings is 1. The predicted octanol–water partition coefficient (Wildman–Crippen LogP) is 2.81. The van der Waals surface area contributed by atoms with Crippen molar-refractivity contribution in [3.8, 4) is 11.3 Å². The van der Waals surface area contributed by atoms with Gasteiger partial charge in [-0.3, -0.25) is 9.20 Å². The number of aromatic nitrogens is 4. The van der Waals surface area contributed by atoms with Crippen LogP contribution in [0.15, 0.2) is 48.9 Å². The fourth-order valence-electron chi connectivity index (χ4n) is 4.12. The van der Waals surface area contributed by atoms with E-state index < -0.39 is 29.6 Å². The number of amides is 1. The number of carbonyl (C=O) groups excluding carboxylic acids is 1. The van der Waals surface area contributed by atoms with Gasteiger partial charge in [-0.2, -0.15) is 13.2 Å². The van der Waals surface area contributed by atoms with Crippen molar-refractivity contribution in [1.29, 1.82) is 0 Å². The normalized spacial score (nSPS) is 18.0. The topological polar surface area (TPSA) is 140 Å². The molecular weight excluding hydrogens is 510 g/mol. The van der Waals surface area contributed by atoms with Crippen molar-refractivity contribution in [1.82, 2.24) is 24.7 Å². The molecule has 1 aromatic carbocycles.